The Bertz CT molecular complexity index is 805. The van der Waals surface area contributed by atoms with Crippen molar-refractivity contribution in [1.29, 1.82) is 0 Å². The molecule has 26 heavy (non-hydrogen) atoms. The summed E-state index contributed by atoms with van der Waals surface area (Å²) in [6.45, 7) is 5.73. The zero-order chi connectivity index (χ0) is 19.2. The van der Waals surface area contributed by atoms with Crippen LogP contribution in [-0.4, -0.2) is 18.6 Å². The monoisotopic (exact) mass is 353 g/mol. The van der Waals surface area contributed by atoms with E-state index in [0.29, 0.717) is 11.3 Å². The fraction of sp³-hybridized carbons (Fsp3) is 0.316. The van der Waals surface area contributed by atoms with Crippen molar-refractivity contribution in [3.05, 3.63) is 64.5 Å². The Morgan fingerprint density at radius 3 is 2.38 bits per heavy atom. The maximum absolute atomic E-state index is 12.9. The Labute approximate surface area is 153 Å². The maximum Gasteiger partial charge on any atom is 0.247 e. The predicted molar refractivity (Wildman–Crippen MR) is 103 cm³/mol. The van der Waals surface area contributed by atoms with Crippen molar-refractivity contribution in [2.75, 3.05) is 12.4 Å². The number of nitrogens with one attached hydrogen (secondary N) is 2. The Balaban J connectivity index is 2.41. The Kier molecular flexibility index (Phi) is 6.09. The van der Waals surface area contributed by atoms with E-state index >= 15 is 0 Å². The number of azide groups is 1. The summed E-state index contributed by atoms with van der Waals surface area (Å²) >= 11 is 0. The average molecular weight is 353 g/mol. The minimum Gasteiger partial charge on any atom is -0.497 e. The molecule has 7 heteroatoms. The van der Waals surface area contributed by atoms with E-state index in [2.05, 4.69) is 20.7 Å². The van der Waals surface area contributed by atoms with Gasteiger partial charge < -0.3 is 15.4 Å². The molecule has 1 unspecified atom stereocenters. The Morgan fingerprint density at radius 1 is 1.15 bits per heavy atom. The molecule has 0 aliphatic heterocycles. The lowest BCUT2D eigenvalue weighted by Crippen LogP contribution is -2.44. The van der Waals surface area contributed by atoms with E-state index in [1.54, 1.807) is 43.5 Å². The van der Waals surface area contributed by atoms with Gasteiger partial charge in [-0.3, -0.25) is 4.79 Å². The zero-order valence-electron chi connectivity index (χ0n) is 15.4. The van der Waals surface area contributed by atoms with Crippen LogP contribution in [0.3, 0.4) is 0 Å². The van der Waals surface area contributed by atoms with Crippen LogP contribution in [0.15, 0.2) is 53.6 Å². The third-order valence-electron chi connectivity index (χ3n) is 3.56. The summed E-state index contributed by atoms with van der Waals surface area (Å²) in [6, 6.07) is 13.6. The zero-order valence-corrected chi connectivity index (χ0v) is 15.4. The number of anilines is 1. The van der Waals surface area contributed by atoms with Crippen LogP contribution in [0.2, 0.25) is 0 Å². The van der Waals surface area contributed by atoms with Crippen molar-refractivity contribution in [3.63, 3.8) is 0 Å². The summed E-state index contributed by atoms with van der Waals surface area (Å²) in [5, 5.41) is 9.90. The Hall–Kier alpha value is -3.18. The number of ether oxygens (including phenoxy) is 1. The molecule has 0 heterocycles. The number of rotatable bonds is 6. The van der Waals surface area contributed by atoms with Gasteiger partial charge in [-0.25, -0.2) is 0 Å². The van der Waals surface area contributed by atoms with E-state index in [9.17, 15) is 4.79 Å². The topological polar surface area (TPSA) is 99.1 Å². The van der Waals surface area contributed by atoms with Gasteiger partial charge in [0.25, 0.3) is 0 Å². The van der Waals surface area contributed by atoms with E-state index in [1.807, 2.05) is 32.9 Å². The number of benzene rings is 2. The van der Waals surface area contributed by atoms with E-state index in [-0.39, 0.29) is 5.91 Å². The van der Waals surface area contributed by atoms with Gasteiger partial charge in [-0.05, 0) is 56.1 Å². The summed E-state index contributed by atoms with van der Waals surface area (Å²) in [6.07, 6.45) is 0. The second-order valence-electron chi connectivity index (χ2n) is 6.79. The minimum absolute atomic E-state index is 0.214. The average Bonchev–Trinajstić information content (AvgIpc) is 2.59. The van der Waals surface area contributed by atoms with Crippen LogP contribution < -0.4 is 15.4 Å². The van der Waals surface area contributed by atoms with Gasteiger partial charge in [-0.1, -0.05) is 29.4 Å². The summed E-state index contributed by atoms with van der Waals surface area (Å²) in [7, 11) is 1.60. The van der Waals surface area contributed by atoms with E-state index in [4.69, 9.17) is 10.3 Å². The first kappa shape index (κ1) is 19.1. The van der Waals surface area contributed by atoms with E-state index in [1.165, 1.54) is 0 Å². The lowest BCUT2D eigenvalue weighted by Gasteiger charge is -2.27. The first-order chi connectivity index (χ1) is 12.3. The highest BCUT2D eigenvalue weighted by molar-refractivity contribution is 5.88. The standard InChI is InChI=1S/C19H23N5O2/c1-19(2,3)22-18(25)17(15-7-5-6-8-16(15)23-24-20)21-13-9-11-14(26-4)12-10-13/h5-12,17,21H,1-4H3,(H,22,25). The highest BCUT2D eigenvalue weighted by Gasteiger charge is 2.26. The van der Waals surface area contributed by atoms with Gasteiger partial charge in [-0.2, -0.15) is 0 Å². The molecule has 0 fully saturated rings. The van der Waals surface area contributed by atoms with Crippen molar-refractivity contribution in [2.45, 2.75) is 32.4 Å². The summed E-state index contributed by atoms with van der Waals surface area (Å²) in [5.74, 6) is 0.509. The van der Waals surface area contributed by atoms with Crippen molar-refractivity contribution >= 4 is 17.3 Å². The van der Waals surface area contributed by atoms with Gasteiger partial charge in [0.1, 0.15) is 11.8 Å². The molecule has 136 valence electrons. The van der Waals surface area contributed by atoms with Crippen LogP contribution in [0.5, 0.6) is 5.75 Å². The number of carbonyl (C=O) groups is 1. The molecule has 0 saturated carbocycles. The second-order valence-corrected chi connectivity index (χ2v) is 6.79. The lowest BCUT2D eigenvalue weighted by atomic mass is 10.0. The number of methoxy groups -OCH3 is 1. The molecule has 2 aromatic rings. The summed E-state index contributed by atoms with van der Waals surface area (Å²) in [4.78, 5) is 15.8. The van der Waals surface area contributed by atoms with Gasteiger partial charge in [-0.15, -0.1) is 0 Å². The molecule has 2 N–H and O–H groups in total. The smallest absolute Gasteiger partial charge is 0.247 e. The lowest BCUT2D eigenvalue weighted by molar-refractivity contribution is -0.123. The summed E-state index contributed by atoms with van der Waals surface area (Å²) < 4.78 is 5.16. The normalized spacial score (nSPS) is 11.8. The number of carbonyl (C=O) groups excluding carboxylic acids is 1. The molecule has 0 spiro atoms. The van der Waals surface area contributed by atoms with Crippen molar-refractivity contribution in [3.8, 4) is 5.75 Å². The quantitative estimate of drug-likeness (QED) is 0.447. The fourth-order valence-corrected chi connectivity index (χ4v) is 2.45. The molecule has 2 rings (SSSR count). The Morgan fingerprint density at radius 2 is 1.81 bits per heavy atom. The SMILES string of the molecule is COc1ccc(NC(C(=O)NC(C)(C)C)c2ccccc2N=[N+]=[N-])cc1. The van der Waals surface area contributed by atoms with Gasteiger partial charge >= 0.3 is 0 Å². The van der Waals surface area contributed by atoms with Crippen molar-refractivity contribution < 1.29 is 9.53 Å². The van der Waals surface area contributed by atoms with Crippen molar-refractivity contribution in [1.82, 2.24) is 5.32 Å². The van der Waals surface area contributed by atoms with Gasteiger partial charge in [0.2, 0.25) is 5.91 Å². The number of nitrogens with zero attached hydrogens (tertiary/aromatic N) is 3. The number of hydrogen-bond acceptors (Lipinski definition) is 4. The van der Waals surface area contributed by atoms with Crippen LogP contribution in [0.1, 0.15) is 32.4 Å². The molecule has 0 aromatic heterocycles. The van der Waals surface area contributed by atoms with Crippen LogP contribution in [0.4, 0.5) is 11.4 Å². The fourth-order valence-electron chi connectivity index (χ4n) is 2.45. The highest BCUT2D eigenvalue weighted by atomic mass is 16.5. The molecule has 0 aliphatic carbocycles. The molecule has 0 bridgehead atoms. The molecule has 1 atom stereocenters. The molecule has 2 aromatic carbocycles. The molecule has 0 radical (unpaired) electrons. The van der Waals surface area contributed by atoms with E-state index < -0.39 is 11.6 Å². The molecule has 0 saturated heterocycles. The minimum atomic E-state index is -0.718. The molecule has 0 aliphatic rings. The van der Waals surface area contributed by atoms with Crippen LogP contribution >= 0.6 is 0 Å². The number of amides is 1. The van der Waals surface area contributed by atoms with Crippen LogP contribution in [-0.2, 0) is 4.79 Å². The van der Waals surface area contributed by atoms with Gasteiger partial charge in [0.05, 0.1) is 7.11 Å². The van der Waals surface area contributed by atoms with Crippen LogP contribution in [0, 0.1) is 0 Å². The molecular formula is C19H23N5O2. The second kappa shape index (κ2) is 8.27. The maximum atomic E-state index is 12.9. The third-order valence-corrected chi connectivity index (χ3v) is 3.56. The molecule has 7 nitrogen and oxygen atoms in total. The van der Waals surface area contributed by atoms with Crippen LogP contribution in [0.25, 0.3) is 10.4 Å². The molecular weight excluding hydrogens is 330 g/mol. The van der Waals surface area contributed by atoms with Gasteiger partial charge in [0, 0.05) is 21.8 Å². The predicted octanol–water partition coefficient (Wildman–Crippen LogP) is 4.70. The summed E-state index contributed by atoms with van der Waals surface area (Å²) in [5.41, 5.74) is 10.2. The van der Waals surface area contributed by atoms with E-state index in [0.717, 1.165) is 11.4 Å². The number of hydrogen-bond donors (Lipinski definition) is 2. The first-order valence-corrected chi connectivity index (χ1v) is 8.20. The first-order valence-electron chi connectivity index (χ1n) is 8.20. The largest absolute Gasteiger partial charge is 0.497 e. The third kappa shape index (κ3) is 5.16. The van der Waals surface area contributed by atoms with Gasteiger partial charge in [0.15, 0.2) is 0 Å². The van der Waals surface area contributed by atoms with Crippen molar-refractivity contribution in [2.24, 2.45) is 5.11 Å². The molecule has 1 amide bonds. The highest BCUT2D eigenvalue weighted by Crippen LogP contribution is 2.30.